The predicted octanol–water partition coefficient (Wildman–Crippen LogP) is 18.9. The van der Waals surface area contributed by atoms with Crippen LogP contribution >= 0.6 is 8.15 Å². The molecule has 6 aromatic rings. The molecule has 0 N–H and O–H groups in total. The Morgan fingerprint density at radius 1 is 0.383 bits per heavy atom. The zero-order valence-electron chi connectivity index (χ0n) is 49.9. The summed E-state index contributed by atoms with van der Waals surface area (Å²) in [4.78, 5) is 4.95. The fourth-order valence-electron chi connectivity index (χ4n) is 9.98. The maximum absolute atomic E-state index is 14.2. The Hall–Kier alpha value is -5.79. The Morgan fingerprint density at radius 2 is 0.617 bits per heavy atom. The number of alkyl halides is 24. The van der Waals surface area contributed by atoms with E-state index in [0.717, 1.165) is 5.90 Å². The molecular weight excluding hydrogens is 1500 g/mol. The fraction of sp³-hybridized carbons (Fsp3) is 0.359. The summed E-state index contributed by atoms with van der Waals surface area (Å²) in [6, 6.07) is 12.3. The first-order valence-electron chi connectivity index (χ1n) is 27.9. The second kappa shape index (κ2) is 29.5. The van der Waals surface area contributed by atoms with Gasteiger partial charge in [0.2, 0.25) is 5.90 Å². The summed E-state index contributed by atoms with van der Waals surface area (Å²) < 4.78 is 354. The van der Waals surface area contributed by atoms with Crippen molar-refractivity contribution in [2.75, 3.05) is 6.61 Å². The third-order valence-electron chi connectivity index (χ3n) is 14.6. The summed E-state index contributed by atoms with van der Waals surface area (Å²) in [7, 11) is -0.974. The quantitative estimate of drug-likeness (QED) is 0.0821. The van der Waals surface area contributed by atoms with Gasteiger partial charge in [0.15, 0.2) is 0 Å². The van der Waals surface area contributed by atoms with Gasteiger partial charge < -0.3 is 9.26 Å². The summed E-state index contributed by atoms with van der Waals surface area (Å²) >= 11 is 0. The molecule has 0 saturated heterocycles. The second-order valence-corrected chi connectivity index (χ2v) is 25.6. The number of rotatable bonds is 9. The molecule has 0 amide bonds. The largest absolute Gasteiger partial charge is 0.477 e. The molecule has 6 aromatic carbocycles. The maximum Gasteiger partial charge on any atom is 0.416 e. The van der Waals surface area contributed by atoms with Gasteiger partial charge in [-0.05, 0) is 86.5 Å². The van der Waals surface area contributed by atoms with E-state index in [1.807, 2.05) is 12.1 Å². The van der Waals surface area contributed by atoms with E-state index in [9.17, 15) is 105 Å². The Morgan fingerprint density at radius 3 is 0.809 bits per heavy atom. The van der Waals surface area contributed by atoms with Crippen LogP contribution in [0.1, 0.15) is 112 Å². The molecule has 8 rings (SSSR count). The first-order valence-corrected chi connectivity index (χ1v) is 29.1. The average Bonchev–Trinajstić information content (AvgIpc) is 0.786. The number of aliphatic imine (C=N–C) groups is 1. The zero-order valence-corrected chi connectivity index (χ0v) is 53.2. The van der Waals surface area contributed by atoms with Crippen LogP contribution in [0.3, 0.4) is 0 Å². The molecule has 1 aliphatic heterocycles. The molecule has 1 aliphatic carbocycles. The van der Waals surface area contributed by atoms with Crippen molar-refractivity contribution in [3.63, 3.8) is 0 Å². The zero-order chi connectivity index (χ0) is 69.9. The van der Waals surface area contributed by atoms with Crippen LogP contribution in [0.2, 0.25) is 0 Å². The van der Waals surface area contributed by atoms with Crippen molar-refractivity contribution in [3.8, 4) is 0 Å². The minimum atomic E-state index is -6.13. The molecule has 1 fully saturated rings. The van der Waals surface area contributed by atoms with Crippen LogP contribution in [0, 0.1) is 36.5 Å². The molecule has 2 atom stereocenters. The van der Waals surface area contributed by atoms with Gasteiger partial charge >= 0.3 is 49.4 Å². The number of ether oxygens (including phenoxy) is 1. The van der Waals surface area contributed by atoms with Crippen LogP contribution in [0.25, 0.3) is 0 Å². The van der Waals surface area contributed by atoms with Crippen molar-refractivity contribution in [1.82, 2.24) is 0 Å². The van der Waals surface area contributed by atoms with Crippen molar-refractivity contribution in [3.05, 3.63) is 204 Å². The average molecular weight is 1560 g/mol. The van der Waals surface area contributed by atoms with E-state index in [4.69, 9.17) is 14.3 Å². The molecule has 1 heterocycles. The fourth-order valence-corrected chi connectivity index (χ4v) is 12.0. The van der Waals surface area contributed by atoms with Crippen LogP contribution in [-0.2, 0) is 78.8 Å². The van der Waals surface area contributed by atoms with Crippen LogP contribution < -0.4 is 32.5 Å². The smallest absolute Gasteiger partial charge is 0.416 e. The van der Waals surface area contributed by atoms with E-state index in [1.54, 1.807) is 0 Å². The minimum absolute atomic E-state index is 0. The van der Waals surface area contributed by atoms with Gasteiger partial charge in [0.1, 0.15) is 18.9 Å². The topological polar surface area (TPSA) is 30.8 Å². The number of nitrogens with zero attached hydrogens (tertiary/aromatic N) is 1. The summed E-state index contributed by atoms with van der Waals surface area (Å²) in [5.74, 6) is 0.742. The first kappa shape index (κ1) is 78.9. The first-order chi connectivity index (χ1) is 42.4. The van der Waals surface area contributed by atoms with Crippen LogP contribution in [0.5, 0.6) is 0 Å². The van der Waals surface area contributed by atoms with Crippen molar-refractivity contribution >= 4 is 52.7 Å². The number of halogens is 24. The molecule has 0 aromatic heterocycles. The third kappa shape index (κ3) is 20.4. The van der Waals surface area contributed by atoms with Crippen molar-refractivity contribution in [1.29, 1.82) is 0 Å². The van der Waals surface area contributed by atoms with Gasteiger partial charge in [-0.15, -0.1) is 0 Å². The van der Waals surface area contributed by atoms with Gasteiger partial charge in [0.25, 0.3) is 0 Å². The van der Waals surface area contributed by atoms with Gasteiger partial charge in [-0.2, -0.15) is 127 Å². The normalized spacial score (nSPS) is 16.3. The monoisotopic (exact) mass is 1560 g/mol. The van der Waals surface area contributed by atoms with E-state index in [2.05, 4.69) is 116 Å². The second-order valence-electron chi connectivity index (χ2n) is 23.8. The van der Waals surface area contributed by atoms with Crippen LogP contribution in [0.15, 0.2) is 138 Å². The number of hydrogen-bond acceptors (Lipinski definition) is 3. The molecule has 0 spiro atoms. The summed E-state index contributed by atoms with van der Waals surface area (Å²) in [6.45, 7) is 13.8. The summed E-state index contributed by atoms with van der Waals surface area (Å²) in [5.41, 5.74) is -30.3. The number of benzene rings is 6. The molecule has 94 heavy (non-hydrogen) atoms. The SMILES string of the molecule is CC(C)(C)[C@H]1COC([C@H](OP(c2ccccc2)c2ccccc2)C(C)(C)C)=N1.FC(F)(F)c1cc([B-](c2cc(C(F)(F)F)cc(C(F)(F)F)c2)(c2cc(C(F)(F)F)cc(C(F)(F)F)c2)c2cc(C(F)(F)F)cc(C(F)(F)F)c2)cc(C(F)(F)F)c1.[CH]1[CH]CC[CH][CH]CC1.[Ir]. The van der Waals surface area contributed by atoms with E-state index < -0.39 is 203 Å². The Bertz CT molecular complexity index is 3010. The molecule has 30 heteroatoms. The van der Waals surface area contributed by atoms with Crippen molar-refractivity contribution < 1.29 is 135 Å². The Kier molecular flexibility index (Phi) is 24.8. The van der Waals surface area contributed by atoms with Gasteiger partial charge in [0.05, 0.1) is 58.7 Å². The summed E-state index contributed by atoms with van der Waals surface area (Å²) in [5, 5.41) is 2.40. The van der Waals surface area contributed by atoms with E-state index in [1.165, 1.54) is 36.3 Å². The molecule has 1 saturated carbocycles. The van der Waals surface area contributed by atoms with E-state index in [0.29, 0.717) is 6.61 Å². The van der Waals surface area contributed by atoms with Crippen molar-refractivity contribution in [2.24, 2.45) is 15.8 Å². The van der Waals surface area contributed by atoms with Crippen molar-refractivity contribution in [2.45, 2.75) is 129 Å². The summed E-state index contributed by atoms with van der Waals surface area (Å²) in [6.07, 6.45) is -41.0. The molecule has 0 bridgehead atoms. The molecule has 2 aliphatic rings. The van der Waals surface area contributed by atoms with Gasteiger partial charge in [-0.3, -0.25) is 0 Å². The van der Waals surface area contributed by atoms with Crippen LogP contribution in [-0.4, -0.2) is 30.8 Å². The Balaban J connectivity index is 0.000000354. The van der Waals surface area contributed by atoms with Gasteiger partial charge in [-0.1, -0.05) is 151 Å². The number of hydrogen-bond donors (Lipinski definition) is 0. The van der Waals surface area contributed by atoms with Gasteiger partial charge in [0, 0.05) is 30.7 Å². The molecule has 3 nitrogen and oxygen atoms in total. The standard InChI is InChI=1S/C32H12BF24.C24H32NO2P.C8H12.Ir/c34-25(35,36)13-1-14(26(37,38)39)6-21(5-13)33(22-7-15(27(40,41)42)2-16(8-22)28(43,44)45,23-9-17(29(46,47)48)3-18(10-23)30(49,50)51)24-11-19(31(52,53)54)4-20(12-24)32(55,56)57;1-23(2,3)20-17-26-22(25-20)21(24(4,5)6)27-28(18-13-9-7-10-14-18)19-15-11-8-12-16-19;1-2-4-6-8-7-5-3-1;/h1-12H;7-16,20-21H,17H2,1-6H3;1-2,7-8H,3-6H2;/q-1;;;/t;20-,21+;;/m.1../s1. The van der Waals surface area contributed by atoms with Crippen LogP contribution in [0.4, 0.5) is 105 Å². The maximum atomic E-state index is 14.2. The third-order valence-corrected chi connectivity index (χ3v) is 16.6. The molecule has 0 unspecified atom stereocenters. The molecule has 5 radical (unpaired) electrons. The minimum Gasteiger partial charge on any atom is -0.477 e. The molecular formula is C64H56BF24IrNO2P-. The Labute approximate surface area is 540 Å². The van der Waals surface area contributed by atoms with Gasteiger partial charge in [-0.25, -0.2) is 4.99 Å². The molecule has 515 valence electrons. The predicted molar refractivity (Wildman–Crippen MR) is 306 cm³/mol. The van der Waals surface area contributed by atoms with E-state index in [-0.39, 0.29) is 43.1 Å². The van der Waals surface area contributed by atoms with E-state index >= 15 is 0 Å².